The smallest absolute Gasteiger partial charge is 0.124 e. The third-order valence-corrected chi connectivity index (χ3v) is 3.92. The first kappa shape index (κ1) is 15.1. The van der Waals surface area contributed by atoms with Crippen LogP contribution in [0.5, 0.6) is 5.75 Å². The minimum absolute atomic E-state index is 0.0535. The van der Waals surface area contributed by atoms with Gasteiger partial charge in [0.1, 0.15) is 12.4 Å². The van der Waals surface area contributed by atoms with Gasteiger partial charge >= 0.3 is 0 Å². The van der Waals surface area contributed by atoms with Gasteiger partial charge in [0.05, 0.1) is 0 Å². The van der Waals surface area contributed by atoms with Crippen LogP contribution in [0.3, 0.4) is 0 Å². The van der Waals surface area contributed by atoms with Crippen LogP contribution in [-0.4, -0.2) is 0 Å². The summed E-state index contributed by atoms with van der Waals surface area (Å²) in [5, 5.41) is 0. The number of nitrogens with two attached hydrogens (primary N) is 1. The maximum atomic E-state index is 6.00. The molecule has 0 saturated heterocycles. The van der Waals surface area contributed by atoms with Crippen molar-refractivity contribution < 1.29 is 4.74 Å². The van der Waals surface area contributed by atoms with Gasteiger partial charge in [-0.05, 0) is 55.7 Å². The fourth-order valence-electron chi connectivity index (χ4n) is 2.06. The standard InChI is InChI=1S/C17H20BrNO/c1-11-4-5-14(8-12(11)2)10-20-17-7-6-15(18)9-16(17)13(3)19/h4-9,13H,10,19H2,1-3H3/t13-/m0/s1. The Bertz CT molecular complexity index is 608. The second-order valence-electron chi connectivity index (χ2n) is 5.18. The molecule has 3 heteroatoms. The highest BCUT2D eigenvalue weighted by Crippen LogP contribution is 2.28. The molecule has 20 heavy (non-hydrogen) atoms. The molecule has 0 saturated carbocycles. The second-order valence-corrected chi connectivity index (χ2v) is 6.09. The zero-order chi connectivity index (χ0) is 14.7. The van der Waals surface area contributed by atoms with Gasteiger partial charge < -0.3 is 10.5 Å². The van der Waals surface area contributed by atoms with Crippen molar-refractivity contribution in [3.05, 3.63) is 63.1 Å². The highest BCUT2D eigenvalue weighted by molar-refractivity contribution is 9.10. The molecule has 2 N–H and O–H groups in total. The molecule has 106 valence electrons. The normalized spacial score (nSPS) is 12.2. The zero-order valence-corrected chi connectivity index (χ0v) is 13.7. The maximum absolute atomic E-state index is 6.00. The summed E-state index contributed by atoms with van der Waals surface area (Å²) < 4.78 is 6.95. The van der Waals surface area contributed by atoms with Crippen molar-refractivity contribution in [2.24, 2.45) is 5.73 Å². The molecule has 2 aromatic rings. The number of ether oxygens (including phenoxy) is 1. The average Bonchev–Trinajstić information content (AvgIpc) is 2.41. The third kappa shape index (κ3) is 3.62. The summed E-state index contributed by atoms with van der Waals surface area (Å²) in [4.78, 5) is 0. The van der Waals surface area contributed by atoms with Crippen molar-refractivity contribution in [2.45, 2.75) is 33.4 Å². The monoisotopic (exact) mass is 333 g/mol. The average molecular weight is 334 g/mol. The molecule has 0 bridgehead atoms. The van der Waals surface area contributed by atoms with Crippen LogP contribution in [0.4, 0.5) is 0 Å². The number of halogens is 1. The maximum Gasteiger partial charge on any atom is 0.124 e. The number of hydrogen-bond donors (Lipinski definition) is 1. The summed E-state index contributed by atoms with van der Waals surface area (Å²) >= 11 is 3.47. The van der Waals surface area contributed by atoms with Gasteiger partial charge in [-0.15, -0.1) is 0 Å². The summed E-state index contributed by atoms with van der Waals surface area (Å²) in [6.07, 6.45) is 0. The fourth-order valence-corrected chi connectivity index (χ4v) is 2.44. The van der Waals surface area contributed by atoms with E-state index in [1.54, 1.807) is 0 Å². The first-order chi connectivity index (χ1) is 9.47. The van der Waals surface area contributed by atoms with E-state index in [0.29, 0.717) is 6.61 Å². The summed E-state index contributed by atoms with van der Waals surface area (Å²) in [6, 6.07) is 12.3. The molecule has 0 aromatic heterocycles. The summed E-state index contributed by atoms with van der Waals surface area (Å²) in [5.41, 5.74) is 10.8. The lowest BCUT2D eigenvalue weighted by atomic mass is 10.1. The van der Waals surface area contributed by atoms with Crippen LogP contribution in [0.25, 0.3) is 0 Å². The predicted molar refractivity (Wildman–Crippen MR) is 87.0 cm³/mol. The quantitative estimate of drug-likeness (QED) is 0.882. The van der Waals surface area contributed by atoms with Crippen molar-refractivity contribution in [1.82, 2.24) is 0 Å². The number of hydrogen-bond acceptors (Lipinski definition) is 2. The van der Waals surface area contributed by atoms with Crippen molar-refractivity contribution in [3.63, 3.8) is 0 Å². The Labute approximate surface area is 129 Å². The molecule has 0 unspecified atom stereocenters. The van der Waals surface area contributed by atoms with Crippen LogP contribution in [0.15, 0.2) is 40.9 Å². The van der Waals surface area contributed by atoms with Gasteiger partial charge in [-0.3, -0.25) is 0 Å². The van der Waals surface area contributed by atoms with E-state index in [4.69, 9.17) is 10.5 Å². The van der Waals surface area contributed by atoms with Gasteiger partial charge in [-0.1, -0.05) is 34.1 Å². The van der Waals surface area contributed by atoms with Gasteiger partial charge in [0.25, 0.3) is 0 Å². The van der Waals surface area contributed by atoms with E-state index in [0.717, 1.165) is 15.8 Å². The van der Waals surface area contributed by atoms with Crippen LogP contribution in [0.2, 0.25) is 0 Å². The number of rotatable bonds is 4. The highest BCUT2D eigenvalue weighted by atomic mass is 79.9. The molecular weight excluding hydrogens is 314 g/mol. The predicted octanol–water partition coefficient (Wildman–Crippen LogP) is 4.66. The van der Waals surface area contributed by atoms with Crippen molar-refractivity contribution in [1.29, 1.82) is 0 Å². The fraction of sp³-hybridized carbons (Fsp3) is 0.294. The number of benzene rings is 2. The van der Waals surface area contributed by atoms with E-state index in [9.17, 15) is 0 Å². The van der Waals surface area contributed by atoms with Crippen molar-refractivity contribution in [2.75, 3.05) is 0 Å². The topological polar surface area (TPSA) is 35.2 Å². The Morgan fingerprint density at radius 3 is 2.50 bits per heavy atom. The first-order valence-corrected chi connectivity index (χ1v) is 7.50. The van der Waals surface area contributed by atoms with E-state index in [1.807, 2.05) is 25.1 Å². The van der Waals surface area contributed by atoms with E-state index >= 15 is 0 Å². The largest absolute Gasteiger partial charge is 0.489 e. The molecule has 2 rings (SSSR count). The van der Waals surface area contributed by atoms with Crippen LogP contribution in [-0.2, 0) is 6.61 Å². The molecule has 0 fully saturated rings. The Balaban J connectivity index is 2.16. The molecule has 0 amide bonds. The molecular formula is C17H20BrNO. The van der Waals surface area contributed by atoms with E-state index in [2.05, 4.69) is 48.0 Å². The van der Waals surface area contributed by atoms with Crippen molar-refractivity contribution >= 4 is 15.9 Å². The van der Waals surface area contributed by atoms with Gasteiger partial charge in [0.15, 0.2) is 0 Å². The van der Waals surface area contributed by atoms with Gasteiger partial charge in [-0.25, -0.2) is 0 Å². The van der Waals surface area contributed by atoms with E-state index < -0.39 is 0 Å². The lowest BCUT2D eigenvalue weighted by Gasteiger charge is -2.15. The van der Waals surface area contributed by atoms with Gasteiger partial charge in [0, 0.05) is 16.1 Å². The van der Waals surface area contributed by atoms with E-state index in [-0.39, 0.29) is 6.04 Å². The van der Waals surface area contributed by atoms with Crippen molar-refractivity contribution in [3.8, 4) is 5.75 Å². The Morgan fingerprint density at radius 2 is 1.85 bits per heavy atom. The molecule has 0 aliphatic heterocycles. The lowest BCUT2D eigenvalue weighted by Crippen LogP contribution is -2.08. The van der Waals surface area contributed by atoms with Crippen LogP contribution in [0, 0.1) is 13.8 Å². The molecule has 0 aliphatic rings. The Morgan fingerprint density at radius 1 is 1.10 bits per heavy atom. The zero-order valence-electron chi connectivity index (χ0n) is 12.1. The molecule has 1 atom stereocenters. The van der Waals surface area contributed by atoms with E-state index in [1.165, 1.54) is 16.7 Å². The molecule has 0 aliphatic carbocycles. The summed E-state index contributed by atoms with van der Waals surface area (Å²) in [6.45, 7) is 6.75. The van der Waals surface area contributed by atoms with Crippen LogP contribution in [0.1, 0.15) is 35.2 Å². The Hall–Kier alpha value is -1.32. The Kier molecular flexibility index (Phi) is 4.84. The second kappa shape index (κ2) is 6.42. The van der Waals surface area contributed by atoms with Crippen LogP contribution < -0.4 is 10.5 Å². The molecule has 0 heterocycles. The summed E-state index contributed by atoms with van der Waals surface area (Å²) in [7, 11) is 0. The van der Waals surface area contributed by atoms with Gasteiger partial charge in [0.2, 0.25) is 0 Å². The SMILES string of the molecule is Cc1ccc(COc2ccc(Br)cc2[C@H](C)N)cc1C. The van der Waals surface area contributed by atoms with Gasteiger partial charge in [-0.2, -0.15) is 0 Å². The first-order valence-electron chi connectivity index (χ1n) is 6.71. The summed E-state index contributed by atoms with van der Waals surface area (Å²) in [5.74, 6) is 0.849. The molecule has 0 spiro atoms. The minimum atomic E-state index is -0.0535. The highest BCUT2D eigenvalue weighted by Gasteiger charge is 2.09. The minimum Gasteiger partial charge on any atom is -0.489 e. The molecule has 0 radical (unpaired) electrons. The third-order valence-electron chi connectivity index (χ3n) is 3.43. The molecule has 2 aromatic carbocycles. The lowest BCUT2D eigenvalue weighted by molar-refractivity contribution is 0.301. The molecule has 2 nitrogen and oxygen atoms in total. The number of aryl methyl sites for hydroxylation is 2. The van der Waals surface area contributed by atoms with Crippen LogP contribution >= 0.6 is 15.9 Å².